The maximum atomic E-state index is 12.6. The van der Waals surface area contributed by atoms with Gasteiger partial charge in [-0.2, -0.15) is 9.03 Å². The Morgan fingerprint density at radius 3 is 2.19 bits per heavy atom. The molecule has 2 aromatic carbocycles. The Hall–Kier alpha value is -2.31. The quantitative estimate of drug-likeness (QED) is 0.589. The minimum Gasteiger partial charge on any atom is -0.379 e. The molecule has 0 aromatic heterocycles. The van der Waals surface area contributed by atoms with Gasteiger partial charge in [0.05, 0.1) is 29.0 Å². The molecule has 2 aromatic rings. The number of nitrogens with one attached hydrogen (secondary N) is 2. The third-order valence-corrected chi connectivity index (χ3v) is 8.25. The summed E-state index contributed by atoms with van der Waals surface area (Å²) in [4.78, 5) is 12.6. The molecule has 1 atom stereocenters. The molecule has 2 N–H and O–H groups in total. The van der Waals surface area contributed by atoms with Crippen LogP contribution >= 0.6 is 0 Å². The maximum Gasteiger partial charge on any atom is 0.243 e. The van der Waals surface area contributed by atoms with Crippen molar-refractivity contribution in [2.24, 2.45) is 0 Å². The molecule has 0 spiro atoms. The molecule has 1 saturated heterocycles. The summed E-state index contributed by atoms with van der Waals surface area (Å²) in [5, 5.41) is 2.65. The number of carbonyl (C=O) groups is 1. The van der Waals surface area contributed by atoms with E-state index < -0.39 is 32.0 Å². The number of morpholine rings is 1. The summed E-state index contributed by atoms with van der Waals surface area (Å²) < 4.78 is 58.8. The van der Waals surface area contributed by atoms with Crippen LogP contribution < -0.4 is 10.0 Å². The first kappa shape index (κ1) is 23.4. The number of ether oxygens (including phenoxy) is 1. The normalized spacial score (nSPS) is 16.5. The Morgan fingerprint density at radius 2 is 1.58 bits per heavy atom. The number of carbonyl (C=O) groups excluding carboxylic acids is 1. The lowest BCUT2D eigenvalue weighted by Gasteiger charge is -2.26. The van der Waals surface area contributed by atoms with E-state index in [1.54, 1.807) is 30.3 Å². The molecular weight excluding hydrogens is 442 g/mol. The molecule has 0 unspecified atom stereocenters. The van der Waals surface area contributed by atoms with E-state index in [0.29, 0.717) is 31.9 Å². The molecule has 0 radical (unpaired) electrons. The first-order valence-electron chi connectivity index (χ1n) is 9.72. The monoisotopic (exact) mass is 467 g/mol. The first-order chi connectivity index (χ1) is 14.7. The van der Waals surface area contributed by atoms with E-state index in [2.05, 4.69) is 10.0 Å². The fourth-order valence-corrected chi connectivity index (χ4v) is 5.64. The Morgan fingerprint density at radius 1 is 0.968 bits per heavy atom. The fraction of sp³-hybridized carbons (Fsp3) is 0.350. The lowest BCUT2D eigenvalue weighted by Crippen LogP contribution is -2.44. The third kappa shape index (κ3) is 5.89. The van der Waals surface area contributed by atoms with Gasteiger partial charge in [-0.25, -0.2) is 16.8 Å². The van der Waals surface area contributed by atoms with Gasteiger partial charge in [0.15, 0.2) is 0 Å². The Labute approximate surface area is 182 Å². The SMILES string of the molecule is C[C@H](NS(=O)(=O)c1ccccc1)C(=O)NCc1ccc(S(=O)(=O)N2CCOCC2)cc1. The summed E-state index contributed by atoms with van der Waals surface area (Å²) in [6.07, 6.45) is 0. The second-order valence-corrected chi connectivity index (χ2v) is 10.7. The van der Waals surface area contributed by atoms with E-state index >= 15 is 0 Å². The van der Waals surface area contributed by atoms with Crippen molar-refractivity contribution in [1.29, 1.82) is 0 Å². The molecule has 168 valence electrons. The predicted molar refractivity (Wildman–Crippen MR) is 114 cm³/mol. The third-order valence-electron chi connectivity index (χ3n) is 4.78. The number of hydrogen-bond acceptors (Lipinski definition) is 6. The highest BCUT2D eigenvalue weighted by Gasteiger charge is 2.26. The molecule has 0 saturated carbocycles. The van der Waals surface area contributed by atoms with Gasteiger partial charge in [-0.3, -0.25) is 4.79 Å². The van der Waals surface area contributed by atoms with E-state index in [0.717, 1.165) is 0 Å². The van der Waals surface area contributed by atoms with Crippen molar-refractivity contribution in [2.75, 3.05) is 26.3 Å². The van der Waals surface area contributed by atoms with Crippen LogP contribution in [0.2, 0.25) is 0 Å². The second-order valence-electron chi connectivity index (χ2n) is 7.03. The summed E-state index contributed by atoms with van der Waals surface area (Å²) >= 11 is 0. The summed E-state index contributed by atoms with van der Waals surface area (Å²) in [6.45, 7) is 2.96. The average molecular weight is 468 g/mol. The molecule has 9 nitrogen and oxygen atoms in total. The fourth-order valence-electron chi connectivity index (χ4n) is 3.01. The van der Waals surface area contributed by atoms with Crippen LogP contribution in [0, 0.1) is 0 Å². The van der Waals surface area contributed by atoms with Crippen LogP contribution in [0.15, 0.2) is 64.4 Å². The molecule has 1 fully saturated rings. The van der Waals surface area contributed by atoms with Gasteiger partial charge < -0.3 is 10.1 Å². The number of rotatable bonds is 8. The van der Waals surface area contributed by atoms with Crippen LogP contribution in [-0.4, -0.2) is 59.4 Å². The molecule has 1 aliphatic rings. The van der Waals surface area contributed by atoms with Gasteiger partial charge in [-0.15, -0.1) is 0 Å². The largest absolute Gasteiger partial charge is 0.379 e. The zero-order valence-corrected chi connectivity index (χ0v) is 18.7. The zero-order valence-electron chi connectivity index (χ0n) is 17.0. The number of hydrogen-bond donors (Lipinski definition) is 2. The maximum absolute atomic E-state index is 12.6. The van der Waals surface area contributed by atoms with E-state index in [4.69, 9.17) is 4.74 Å². The minimum absolute atomic E-state index is 0.0757. The van der Waals surface area contributed by atoms with E-state index in [1.807, 2.05) is 0 Å². The Balaban J connectivity index is 1.56. The topological polar surface area (TPSA) is 122 Å². The zero-order chi connectivity index (χ0) is 22.5. The second kappa shape index (κ2) is 9.88. The highest BCUT2D eigenvalue weighted by molar-refractivity contribution is 7.89. The van der Waals surface area contributed by atoms with Crippen molar-refractivity contribution in [3.05, 3.63) is 60.2 Å². The molecular formula is C20H25N3O6S2. The van der Waals surface area contributed by atoms with Crippen LogP contribution in [0.25, 0.3) is 0 Å². The Bertz CT molecular complexity index is 1100. The summed E-state index contributed by atoms with van der Waals surface area (Å²) in [7, 11) is -7.39. The number of benzene rings is 2. The molecule has 3 rings (SSSR count). The number of amides is 1. The van der Waals surface area contributed by atoms with Crippen molar-refractivity contribution < 1.29 is 26.4 Å². The van der Waals surface area contributed by atoms with Crippen LogP contribution in [0.1, 0.15) is 12.5 Å². The van der Waals surface area contributed by atoms with Gasteiger partial charge in [-0.1, -0.05) is 30.3 Å². The molecule has 31 heavy (non-hydrogen) atoms. The van der Waals surface area contributed by atoms with Gasteiger partial charge in [0, 0.05) is 19.6 Å². The van der Waals surface area contributed by atoms with Crippen LogP contribution in [0.4, 0.5) is 0 Å². The Kier molecular flexibility index (Phi) is 7.44. The highest BCUT2D eigenvalue weighted by atomic mass is 32.2. The highest BCUT2D eigenvalue weighted by Crippen LogP contribution is 2.17. The first-order valence-corrected chi connectivity index (χ1v) is 12.6. The van der Waals surface area contributed by atoms with E-state index in [1.165, 1.54) is 35.5 Å². The molecule has 1 heterocycles. The van der Waals surface area contributed by atoms with Gasteiger partial charge >= 0.3 is 0 Å². The van der Waals surface area contributed by atoms with E-state index in [9.17, 15) is 21.6 Å². The summed E-state index contributed by atoms with van der Waals surface area (Å²) in [5.74, 6) is -0.496. The lowest BCUT2D eigenvalue weighted by atomic mass is 10.2. The standard InChI is InChI=1S/C20H25N3O6S2/c1-16(22-30(25,26)18-5-3-2-4-6-18)20(24)21-15-17-7-9-19(10-8-17)31(27,28)23-11-13-29-14-12-23/h2-10,16,22H,11-15H2,1H3,(H,21,24)/t16-/m0/s1. The smallest absolute Gasteiger partial charge is 0.243 e. The molecule has 0 bridgehead atoms. The van der Waals surface area contributed by atoms with Gasteiger partial charge in [-0.05, 0) is 36.8 Å². The van der Waals surface area contributed by atoms with Crippen LogP contribution in [0.5, 0.6) is 0 Å². The van der Waals surface area contributed by atoms with Gasteiger partial charge in [0.2, 0.25) is 26.0 Å². The van der Waals surface area contributed by atoms with Crippen LogP contribution in [-0.2, 0) is 36.1 Å². The molecule has 0 aliphatic carbocycles. The molecule has 11 heteroatoms. The van der Waals surface area contributed by atoms with Crippen molar-refractivity contribution in [1.82, 2.24) is 14.3 Å². The summed E-state index contributed by atoms with van der Waals surface area (Å²) in [5.41, 5.74) is 0.687. The van der Waals surface area contributed by atoms with Crippen molar-refractivity contribution in [3.63, 3.8) is 0 Å². The average Bonchev–Trinajstić information content (AvgIpc) is 2.78. The molecule has 1 aliphatic heterocycles. The predicted octanol–water partition coefficient (Wildman–Crippen LogP) is 0.691. The lowest BCUT2D eigenvalue weighted by molar-refractivity contribution is -0.122. The van der Waals surface area contributed by atoms with Crippen molar-refractivity contribution >= 4 is 26.0 Å². The van der Waals surface area contributed by atoms with Gasteiger partial charge in [0.25, 0.3) is 0 Å². The number of nitrogens with zero attached hydrogens (tertiary/aromatic N) is 1. The minimum atomic E-state index is -3.81. The van der Waals surface area contributed by atoms with Crippen LogP contribution in [0.3, 0.4) is 0 Å². The molecule has 1 amide bonds. The van der Waals surface area contributed by atoms with Crippen molar-refractivity contribution in [3.8, 4) is 0 Å². The summed E-state index contributed by atoms with van der Waals surface area (Å²) in [6, 6.07) is 13.0. The number of sulfonamides is 2. The van der Waals surface area contributed by atoms with Crippen molar-refractivity contribution in [2.45, 2.75) is 29.3 Å². The van der Waals surface area contributed by atoms with E-state index in [-0.39, 0.29) is 16.3 Å². The van der Waals surface area contributed by atoms with Gasteiger partial charge in [0.1, 0.15) is 0 Å².